The molecule has 1 amide bonds. The summed E-state index contributed by atoms with van der Waals surface area (Å²) in [5.41, 5.74) is -0.523. The van der Waals surface area contributed by atoms with Gasteiger partial charge in [0.1, 0.15) is 9.81 Å². The Morgan fingerprint density at radius 2 is 2.22 bits per heavy atom. The summed E-state index contributed by atoms with van der Waals surface area (Å²) in [4.78, 5) is 13.8. The molecule has 1 N–H and O–H groups in total. The van der Waals surface area contributed by atoms with Crippen LogP contribution in [0.4, 0.5) is 4.79 Å². The fourth-order valence-electron chi connectivity index (χ4n) is 2.44. The van der Waals surface area contributed by atoms with Gasteiger partial charge in [0.25, 0.3) is 0 Å². The quantitative estimate of drug-likeness (QED) is 0.896. The molecule has 1 fully saturated rings. The van der Waals surface area contributed by atoms with E-state index in [4.69, 9.17) is 4.74 Å². The van der Waals surface area contributed by atoms with Crippen molar-refractivity contribution in [2.24, 2.45) is 5.92 Å². The highest BCUT2D eigenvalue weighted by atomic mass is 32.2. The first kappa shape index (κ1) is 18.2. The zero-order valence-electron chi connectivity index (χ0n) is 13.7. The number of nitrogens with zero attached hydrogens (tertiary/aromatic N) is 1. The van der Waals surface area contributed by atoms with E-state index in [1.807, 2.05) is 20.8 Å². The number of thiophene rings is 1. The van der Waals surface area contributed by atoms with Crippen LogP contribution in [0.2, 0.25) is 0 Å². The van der Waals surface area contributed by atoms with Crippen LogP contribution in [0.1, 0.15) is 33.6 Å². The Labute approximate surface area is 141 Å². The molecule has 2 rings (SSSR count). The highest BCUT2D eigenvalue weighted by Gasteiger charge is 2.28. The number of rotatable bonds is 4. The number of sulfonamides is 1. The number of amides is 1. The fraction of sp³-hybridized carbons (Fsp3) is 0.667. The van der Waals surface area contributed by atoms with Crippen molar-refractivity contribution in [2.45, 2.75) is 43.4 Å². The SMILES string of the molecule is CC(C)(C)OC(=O)N1CCC[C@H](CNS(=O)(=O)c2cccs2)C1. The highest BCUT2D eigenvalue weighted by molar-refractivity contribution is 7.91. The molecule has 0 unspecified atom stereocenters. The van der Waals surface area contributed by atoms with Gasteiger partial charge < -0.3 is 9.64 Å². The van der Waals surface area contributed by atoms with Crippen molar-refractivity contribution < 1.29 is 17.9 Å². The largest absolute Gasteiger partial charge is 0.444 e. The summed E-state index contributed by atoms with van der Waals surface area (Å²) < 4.78 is 32.6. The lowest BCUT2D eigenvalue weighted by Gasteiger charge is -2.34. The van der Waals surface area contributed by atoms with E-state index in [0.717, 1.165) is 12.8 Å². The minimum Gasteiger partial charge on any atom is -0.444 e. The fourth-order valence-corrected chi connectivity index (χ4v) is 4.59. The molecule has 23 heavy (non-hydrogen) atoms. The van der Waals surface area contributed by atoms with Gasteiger partial charge >= 0.3 is 6.09 Å². The third-order valence-corrected chi connectivity index (χ3v) is 6.31. The Balaban J connectivity index is 1.88. The lowest BCUT2D eigenvalue weighted by molar-refractivity contribution is 0.0169. The Morgan fingerprint density at radius 1 is 1.48 bits per heavy atom. The molecule has 1 aromatic rings. The van der Waals surface area contributed by atoms with Gasteiger partial charge in [-0.15, -0.1) is 11.3 Å². The number of piperidine rings is 1. The predicted molar refractivity (Wildman–Crippen MR) is 90.0 cm³/mol. The Hall–Kier alpha value is -1.12. The molecular weight excluding hydrogens is 336 g/mol. The molecule has 0 saturated carbocycles. The van der Waals surface area contributed by atoms with Crippen molar-refractivity contribution in [1.29, 1.82) is 0 Å². The second-order valence-electron chi connectivity index (χ2n) is 6.72. The molecule has 1 saturated heterocycles. The molecule has 2 heterocycles. The first-order valence-electron chi connectivity index (χ1n) is 7.68. The maximum atomic E-state index is 12.1. The van der Waals surface area contributed by atoms with Crippen LogP contribution >= 0.6 is 11.3 Å². The second-order valence-corrected chi connectivity index (χ2v) is 9.66. The van der Waals surface area contributed by atoms with Crippen LogP contribution in [0.15, 0.2) is 21.7 Å². The Morgan fingerprint density at radius 3 is 2.83 bits per heavy atom. The zero-order chi connectivity index (χ0) is 17.1. The van der Waals surface area contributed by atoms with Crippen LogP contribution in [-0.2, 0) is 14.8 Å². The molecule has 0 aliphatic carbocycles. The molecule has 1 aromatic heterocycles. The number of hydrogen-bond acceptors (Lipinski definition) is 5. The molecule has 130 valence electrons. The lowest BCUT2D eigenvalue weighted by Crippen LogP contribution is -2.45. The van der Waals surface area contributed by atoms with Crippen molar-refractivity contribution >= 4 is 27.5 Å². The monoisotopic (exact) mass is 360 g/mol. The highest BCUT2D eigenvalue weighted by Crippen LogP contribution is 2.20. The standard InChI is InChI=1S/C15H24N2O4S2/c1-15(2,3)21-14(18)17-8-4-6-12(11-17)10-16-23(19,20)13-7-5-9-22-13/h5,7,9,12,16H,4,6,8,10-11H2,1-3H3/t12-/m1/s1. The van der Waals surface area contributed by atoms with E-state index in [2.05, 4.69) is 4.72 Å². The summed E-state index contributed by atoms with van der Waals surface area (Å²) in [5, 5.41) is 1.74. The van der Waals surface area contributed by atoms with E-state index in [1.54, 1.807) is 22.4 Å². The van der Waals surface area contributed by atoms with Crippen molar-refractivity contribution in [1.82, 2.24) is 9.62 Å². The van der Waals surface area contributed by atoms with Gasteiger partial charge in [-0.3, -0.25) is 0 Å². The summed E-state index contributed by atoms with van der Waals surface area (Å²) in [6.07, 6.45) is 1.42. The van der Waals surface area contributed by atoms with Crippen LogP contribution in [0.25, 0.3) is 0 Å². The number of carbonyl (C=O) groups is 1. The van der Waals surface area contributed by atoms with Gasteiger partial charge in [0.2, 0.25) is 10.0 Å². The van der Waals surface area contributed by atoms with E-state index in [0.29, 0.717) is 23.8 Å². The van der Waals surface area contributed by atoms with E-state index in [1.165, 1.54) is 11.3 Å². The van der Waals surface area contributed by atoms with Crippen molar-refractivity contribution in [3.63, 3.8) is 0 Å². The van der Waals surface area contributed by atoms with Gasteiger partial charge in [-0.05, 0) is 51.0 Å². The van der Waals surface area contributed by atoms with Crippen molar-refractivity contribution in [3.05, 3.63) is 17.5 Å². The lowest BCUT2D eigenvalue weighted by atomic mass is 9.99. The third kappa shape index (κ3) is 5.47. The molecule has 1 aliphatic rings. The maximum absolute atomic E-state index is 12.1. The number of likely N-dealkylation sites (tertiary alicyclic amines) is 1. The van der Waals surface area contributed by atoms with E-state index < -0.39 is 15.6 Å². The number of nitrogens with one attached hydrogen (secondary N) is 1. The molecule has 0 radical (unpaired) electrons. The summed E-state index contributed by atoms with van der Waals surface area (Å²) >= 11 is 1.19. The Bertz CT molecular complexity index is 620. The van der Waals surface area contributed by atoms with Gasteiger partial charge in [-0.1, -0.05) is 6.07 Å². The third-order valence-electron chi connectivity index (χ3n) is 3.49. The molecule has 0 spiro atoms. The minimum absolute atomic E-state index is 0.103. The van der Waals surface area contributed by atoms with Crippen LogP contribution in [-0.4, -0.2) is 44.6 Å². The molecule has 1 atom stereocenters. The molecule has 8 heteroatoms. The predicted octanol–water partition coefficient (Wildman–Crippen LogP) is 2.67. The van der Waals surface area contributed by atoms with Crippen LogP contribution in [0.5, 0.6) is 0 Å². The van der Waals surface area contributed by atoms with E-state index in [9.17, 15) is 13.2 Å². The van der Waals surface area contributed by atoms with Gasteiger partial charge in [0, 0.05) is 19.6 Å². The smallest absolute Gasteiger partial charge is 0.410 e. The van der Waals surface area contributed by atoms with E-state index >= 15 is 0 Å². The summed E-state index contributed by atoms with van der Waals surface area (Å²) in [6, 6.07) is 3.30. The normalized spacial score (nSPS) is 19.6. The minimum atomic E-state index is -3.45. The summed E-state index contributed by atoms with van der Waals surface area (Å²) in [5.74, 6) is 0.103. The van der Waals surface area contributed by atoms with Crippen LogP contribution in [0, 0.1) is 5.92 Å². The molecule has 0 aromatic carbocycles. The summed E-state index contributed by atoms with van der Waals surface area (Å²) in [7, 11) is -3.45. The first-order valence-corrected chi connectivity index (χ1v) is 10.0. The first-order chi connectivity index (χ1) is 10.7. The number of carbonyl (C=O) groups excluding carboxylic acids is 1. The van der Waals surface area contributed by atoms with Crippen molar-refractivity contribution in [2.75, 3.05) is 19.6 Å². The Kier molecular flexibility index (Phi) is 5.70. The van der Waals surface area contributed by atoms with Crippen LogP contribution in [0.3, 0.4) is 0 Å². The van der Waals surface area contributed by atoms with Gasteiger partial charge in [0.15, 0.2) is 0 Å². The number of ether oxygens (including phenoxy) is 1. The summed E-state index contributed by atoms with van der Waals surface area (Å²) in [6.45, 7) is 7.01. The van der Waals surface area contributed by atoms with Crippen LogP contribution < -0.4 is 4.72 Å². The van der Waals surface area contributed by atoms with Gasteiger partial charge in [-0.25, -0.2) is 17.9 Å². The molecule has 0 bridgehead atoms. The van der Waals surface area contributed by atoms with Crippen molar-refractivity contribution in [3.8, 4) is 0 Å². The molecule has 6 nitrogen and oxygen atoms in total. The van der Waals surface area contributed by atoms with E-state index in [-0.39, 0.29) is 12.0 Å². The average molecular weight is 361 g/mol. The maximum Gasteiger partial charge on any atom is 0.410 e. The zero-order valence-corrected chi connectivity index (χ0v) is 15.4. The second kappa shape index (κ2) is 7.19. The number of hydrogen-bond donors (Lipinski definition) is 1. The van der Waals surface area contributed by atoms with Gasteiger partial charge in [-0.2, -0.15) is 0 Å². The van der Waals surface area contributed by atoms with Gasteiger partial charge in [0.05, 0.1) is 0 Å². The topological polar surface area (TPSA) is 75.7 Å². The molecule has 1 aliphatic heterocycles. The molecular formula is C15H24N2O4S2. The average Bonchev–Trinajstić information content (AvgIpc) is 2.99.